The van der Waals surface area contributed by atoms with Crippen molar-refractivity contribution >= 4 is 23.8 Å². The number of halogens is 1. The number of hydrazone groups is 1. The van der Waals surface area contributed by atoms with Crippen LogP contribution in [0.4, 0.5) is 5.95 Å². The molecule has 0 unspecified atom stereocenters. The molecule has 2 rings (SSSR count). The summed E-state index contributed by atoms with van der Waals surface area (Å²) in [5, 5.41) is 4.43. The minimum Gasteiger partial charge on any atom is -0.493 e. The molecule has 0 aliphatic carbocycles. The number of anilines is 1. The van der Waals surface area contributed by atoms with Gasteiger partial charge in [-0.1, -0.05) is 25.4 Å². The number of nitrogens with zero attached hydrogens (tertiary/aromatic N) is 2. The highest BCUT2D eigenvalue weighted by atomic mass is 35.5. The number of ether oxygens (including phenoxy) is 2. The highest BCUT2D eigenvalue weighted by molar-refractivity contribution is 6.34. The van der Waals surface area contributed by atoms with Gasteiger partial charge in [-0.25, -0.2) is 10.4 Å². The maximum atomic E-state index is 11.6. The smallest absolute Gasteiger partial charge is 0.252 e. The van der Waals surface area contributed by atoms with E-state index in [1.807, 2.05) is 13.8 Å². The molecule has 0 bridgehead atoms. The molecule has 8 heteroatoms. The molecule has 1 aromatic carbocycles. The Balaban J connectivity index is 2.22. The molecule has 1 aromatic heterocycles. The normalized spacial score (nSPS) is 11.1. The molecule has 0 radical (unpaired) electrons. The molecule has 128 valence electrons. The fourth-order valence-corrected chi connectivity index (χ4v) is 2.27. The Bertz CT molecular complexity index is 802. The van der Waals surface area contributed by atoms with Crippen LogP contribution in [-0.2, 0) is 0 Å². The number of benzene rings is 1. The lowest BCUT2D eigenvalue weighted by Gasteiger charge is -2.10. The summed E-state index contributed by atoms with van der Waals surface area (Å²) >= 11 is 6.27. The second kappa shape index (κ2) is 7.83. The predicted molar refractivity (Wildman–Crippen MR) is 94.7 cm³/mol. The molecule has 2 N–H and O–H groups in total. The van der Waals surface area contributed by atoms with Crippen molar-refractivity contribution < 1.29 is 9.47 Å². The summed E-state index contributed by atoms with van der Waals surface area (Å²) < 4.78 is 10.4. The Morgan fingerprint density at radius 1 is 1.33 bits per heavy atom. The van der Waals surface area contributed by atoms with Crippen molar-refractivity contribution in [3.63, 3.8) is 0 Å². The second-order valence-electron chi connectivity index (χ2n) is 5.25. The predicted octanol–water partition coefficient (Wildman–Crippen LogP) is 3.01. The van der Waals surface area contributed by atoms with E-state index in [1.54, 1.807) is 12.1 Å². The van der Waals surface area contributed by atoms with E-state index in [-0.39, 0.29) is 17.4 Å². The summed E-state index contributed by atoms with van der Waals surface area (Å²) in [4.78, 5) is 18.5. The van der Waals surface area contributed by atoms with Gasteiger partial charge in [0.15, 0.2) is 11.5 Å². The van der Waals surface area contributed by atoms with Gasteiger partial charge in [0.05, 0.1) is 31.2 Å². The van der Waals surface area contributed by atoms with Crippen LogP contribution in [0.1, 0.15) is 31.0 Å². The summed E-state index contributed by atoms with van der Waals surface area (Å²) in [6.07, 6.45) is 1.51. The lowest BCUT2D eigenvalue weighted by molar-refractivity contribution is 0.355. The Labute approximate surface area is 144 Å². The molecule has 24 heavy (non-hydrogen) atoms. The lowest BCUT2D eigenvalue weighted by Crippen LogP contribution is -2.12. The number of rotatable bonds is 6. The summed E-state index contributed by atoms with van der Waals surface area (Å²) in [5.41, 5.74) is 3.76. The number of hydrogen-bond donors (Lipinski definition) is 2. The van der Waals surface area contributed by atoms with Gasteiger partial charge in [0, 0.05) is 11.6 Å². The zero-order valence-corrected chi connectivity index (χ0v) is 14.6. The van der Waals surface area contributed by atoms with Crippen LogP contribution in [0, 0.1) is 0 Å². The van der Waals surface area contributed by atoms with Gasteiger partial charge in [-0.05, 0) is 18.1 Å². The van der Waals surface area contributed by atoms with Gasteiger partial charge in [0.1, 0.15) is 0 Å². The third kappa shape index (κ3) is 4.05. The highest BCUT2D eigenvalue weighted by Crippen LogP contribution is 2.36. The van der Waals surface area contributed by atoms with Crippen molar-refractivity contribution in [2.24, 2.45) is 5.10 Å². The molecular weight excluding hydrogens is 332 g/mol. The molecule has 0 atom stereocenters. The first-order chi connectivity index (χ1) is 11.5. The van der Waals surface area contributed by atoms with E-state index in [0.717, 1.165) is 0 Å². The van der Waals surface area contributed by atoms with Crippen molar-refractivity contribution in [3.05, 3.63) is 44.8 Å². The quantitative estimate of drug-likeness (QED) is 0.617. The first-order valence-corrected chi connectivity index (χ1v) is 7.64. The van der Waals surface area contributed by atoms with Crippen LogP contribution < -0.4 is 20.5 Å². The molecule has 0 saturated carbocycles. The number of aromatic nitrogens is 2. The zero-order valence-electron chi connectivity index (χ0n) is 13.9. The molecule has 0 spiro atoms. The Morgan fingerprint density at radius 3 is 2.71 bits per heavy atom. The van der Waals surface area contributed by atoms with Crippen LogP contribution in [-0.4, -0.2) is 30.4 Å². The lowest BCUT2D eigenvalue weighted by atomic mass is 10.1. The minimum atomic E-state index is -0.240. The van der Waals surface area contributed by atoms with Crippen molar-refractivity contribution in [3.8, 4) is 11.5 Å². The van der Waals surface area contributed by atoms with E-state index >= 15 is 0 Å². The maximum Gasteiger partial charge on any atom is 0.252 e. The van der Waals surface area contributed by atoms with Gasteiger partial charge in [-0.15, -0.1) is 0 Å². The van der Waals surface area contributed by atoms with Crippen molar-refractivity contribution in [1.29, 1.82) is 0 Å². The summed E-state index contributed by atoms with van der Waals surface area (Å²) in [6, 6.07) is 4.94. The largest absolute Gasteiger partial charge is 0.493 e. The molecule has 7 nitrogen and oxygen atoms in total. The summed E-state index contributed by atoms with van der Waals surface area (Å²) in [6.45, 7) is 3.91. The zero-order chi connectivity index (χ0) is 17.7. The average molecular weight is 351 g/mol. The molecule has 0 fully saturated rings. The van der Waals surface area contributed by atoms with Crippen molar-refractivity contribution in [2.45, 2.75) is 19.8 Å². The van der Waals surface area contributed by atoms with Crippen molar-refractivity contribution in [1.82, 2.24) is 9.97 Å². The van der Waals surface area contributed by atoms with Gasteiger partial charge in [-0.2, -0.15) is 5.10 Å². The average Bonchev–Trinajstić information content (AvgIpc) is 2.55. The van der Waals surface area contributed by atoms with Gasteiger partial charge in [-0.3, -0.25) is 9.78 Å². The SMILES string of the molecule is COc1ccc(/C=N\Nc2nc(C(C)C)cc(=O)[nH]2)c(Cl)c1OC. The van der Waals surface area contributed by atoms with E-state index < -0.39 is 0 Å². The molecule has 1 heterocycles. The van der Waals surface area contributed by atoms with E-state index in [2.05, 4.69) is 20.5 Å². The number of H-pyrrole nitrogens is 1. The highest BCUT2D eigenvalue weighted by Gasteiger charge is 2.11. The molecule has 0 aliphatic rings. The molecule has 0 amide bonds. The fourth-order valence-electron chi connectivity index (χ4n) is 1.99. The number of nitrogens with one attached hydrogen (secondary N) is 2. The maximum absolute atomic E-state index is 11.6. The standard InChI is InChI=1S/C16H19ClN4O3/c1-9(2)11-7-13(22)20-16(19-11)21-18-8-10-5-6-12(23-3)15(24-4)14(10)17/h5-9H,1-4H3,(H2,19,20,21,22)/b18-8-. The van der Waals surface area contributed by atoms with Crippen LogP contribution in [0.5, 0.6) is 11.5 Å². The van der Waals surface area contributed by atoms with Crippen LogP contribution >= 0.6 is 11.6 Å². The Hall–Kier alpha value is -2.54. The van der Waals surface area contributed by atoms with E-state index in [4.69, 9.17) is 21.1 Å². The number of hydrogen-bond acceptors (Lipinski definition) is 6. The fraction of sp³-hybridized carbons (Fsp3) is 0.312. The minimum absolute atomic E-state index is 0.136. The van der Waals surface area contributed by atoms with Gasteiger partial charge in [0.2, 0.25) is 5.95 Å². The van der Waals surface area contributed by atoms with Crippen LogP contribution in [0.15, 0.2) is 28.1 Å². The Morgan fingerprint density at radius 2 is 2.08 bits per heavy atom. The molecule has 0 saturated heterocycles. The number of aromatic amines is 1. The topological polar surface area (TPSA) is 88.6 Å². The van der Waals surface area contributed by atoms with Crippen LogP contribution in [0.25, 0.3) is 0 Å². The molecule has 0 aliphatic heterocycles. The molecule has 2 aromatic rings. The van der Waals surface area contributed by atoms with Gasteiger partial charge >= 0.3 is 0 Å². The van der Waals surface area contributed by atoms with Crippen LogP contribution in [0.3, 0.4) is 0 Å². The van der Waals surface area contributed by atoms with E-state index in [1.165, 1.54) is 26.5 Å². The second-order valence-corrected chi connectivity index (χ2v) is 5.63. The Kier molecular flexibility index (Phi) is 5.81. The first-order valence-electron chi connectivity index (χ1n) is 7.27. The summed E-state index contributed by atoms with van der Waals surface area (Å²) in [7, 11) is 3.04. The first kappa shape index (κ1) is 17.8. The van der Waals surface area contributed by atoms with Gasteiger partial charge < -0.3 is 9.47 Å². The van der Waals surface area contributed by atoms with Crippen molar-refractivity contribution in [2.75, 3.05) is 19.6 Å². The summed E-state index contributed by atoms with van der Waals surface area (Å²) in [5.74, 6) is 1.36. The monoisotopic (exact) mass is 350 g/mol. The third-order valence-electron chi connectivity index (χ3n) is 3.24. The van der Waals surface area contributed by atoms with Crippen LogP contribution in [0.2, 0.25) is 5.02 Å². The number of methoxy groups -OCH3 is 2. The van der Waals surface area contributed by atoms with E-state index in [0.29, 0.717) is 27.8 Å². The van der Waals surface area contributed by atoms with Gasteiger partial charge in [0.25, 0.3) is 5.56 Å². The molecular formula is C16H19ClN4O3. The van der Waals surface area contributed by atoms with E-state index in [9.17, 15) is 4.79 Å². The third-order valence-corrected chi connectivity index (χ3v) is 3.63.